The number of amides is 1. The van der Waals surface area contributed by atoms with E-state index < -0.39 is 6.10 Å². The van der Waals surface area contributed by atoms with Crippen LogP contribution in [-0.4, -0.2) is 36.5 Å². The molecule has 1 aromatic heterocycles. The molecule has 1 N–H and O–H groups in total. The summed E-state index contributed by atoms with van der Waals surface area (Å²) in [6.07, 6.45) is 1.81. The number of ether oxygens (including phenoxy) is 1. The molecule has 2 heterocycles. The number of hydrogen-bond donors (Lipinski definition) is 1. The minimum atomic E-state index is -0.471. The van der Waals surface area contributed by atoms with Crippen LogP contribution in [0.5, 0.6) is 5.75 Å². The van der Waals surface area contributed by atoms with Gasteiger partial charge in [-0.05, 0) is 62.4 Å². The molecule has 2 aromatic rings. The highest BCUT2D eigenvalue weighted by Crippen LogP contribution is 2.20. The smallest absolute Gasteiger partial charge is 0.260 e. The molecular weight excluding hydrogens is 332 g/mol. The first-order valence-electron chi connectivity index (χ1n) is 8.95. The molecule has 1 atom stereocenters. The van der Waals surface area contributed by atoms with Gasteiger partial charge in [0, 0.05) is 18.0 Å². The molecule has 1 unspecified atom stereocenters. The Morgan fingerprint density at radius 1 is 1.24 bits per heavy atom. The minimum Gasteiger partial charge on any atom is -0.481 e. The van der Waals surface area contributed by atoms with Gasteiger partial charge in [-0.15, -0.1) is 11.3 Å². The van der Waals surface area contributed by atoms with Gasteiger partial charge in [0.05, 0.1) is 0 Å². The Morgan fingerprint density at radius 2 is 2.00 bits per heavy atom. The third-order valence-electron chi connectivity index (χ3n) is 4.66. The van der Waals surface area contributed by atoms with E-state index in [4.69, 9.17) is 4.74 Å². The molecule has 1 fully saturated rings. The third-order valence-corrected chi connectivity index (χ3v) is 5.52. The highest BCUT2D eigenvalue weighted by Gasteiger charge is 2.21. The van der Waals surface area contributed by atoms with Crippen LogP contribution in [0.3, 0.4) is 0 Å². The summed E-state index contributed by atoms with van der Waals surface area (Å²) >= 11 is 1.82. The van der Waals surface area contributed by atoms with Crippen molar-refractivity contribution < 1.29 is 9.53 Å². The second-order valence-corrected chi connectivity index (χ2v) is 7.65. The van der Waals surface area contributed by atoms with Gasteiger partial charge >= 0.3 is 0 Å². The van der Waals surface area contributed by atoms with E-state index >= 15 is 0 Å². The van der Waals surface area contributed by atoms with E-state index in [9.17, 15) is 4.79 Å². The van der Waals surface area contributed by atoms with E-state index in [-0.39, 0.29) is 5.91 Å². The summed E-state index contributed by atoms with van der Waals surface area (Å²) in [4.78, 5) is 16.2. The quantitative estimate of drug-likeness (QED) is 0.823. The lowest BCUT2D eigenvalue weighted by Crippen LogP contribution is -2.42. The van der Waals surface area contributed by atoms with E-state index in [0.717, 1.165) is 44.8 Å². The lowest BCUT2D eigenvalue weighted by Gasteiger charge is -2.31. The number of likely N-dealkylation sites (tertiary alicyclic amines) is 1. The summed E-state index contributed by atoms with van der Waals surface area (Å²) in [7, 11) is 0. The van der Waals surface area contributed by atoms with E-state index in [1.807, 2.05) is 41.7 Å². The molecule has 0 radical (unpaired) electrons. The maximum absolute atomic E-state index is 12.2. The summed E-state index contributed by atoms with van der Waals surface area (Å²) in [6, 6.07) is 13.8. The Kier molecular flexibility index (Phi) is 6.48. The van der Waals surface area contributed by atoms with Crippen molar-refractivity contribution >= 4 is 17.2 Å². The van der Waals surface area contributed by atoms with Crippen molar-refractivity contribution in [2.75, 3.05) is 19.6 Å². The average molecular weight is 359 g/mol. The van der Waals surface area contributed by atoms with Gasteiger partial charge in [0.1, 0.15) is 5.75 Å². The monoisotopic (exact) mass is 358 g/mol. The largest absolute Gasteiger partial charge is 0.481 e. The van der Waals surface area contributed by atoms with Crippen LogP contribution < -0.4 is 10.1 Å². The predicted molar refractivity (Wildman–Crippen MR) is 102 cm³/mol. The summed E-state index contributed by atoms with van der Waals surface area (Å²) in [5.74, 6) is 1.25. The van der Waals surface area contributed by atoms with Crippen molar-refractivity contribution in [3.63, 3.8) is 0 Å². The number of rotatable bonds is 7. The molecule has 25 heavy (non-hydrogen) atoms. The Bertz CT molecular complexity index is 637. The first-order valence-corrected chi connectivity index (χ1v) is 9.83. The van der Waals surface area contributed by atoms with E-state index in [0.29, 0.717) is 5.92 Å². The molecule has 1 saturated heterocycles. The molecule has 4 nitrogen and oxygen atoms in total. The molecule has 0 saturated carbocycles. The molecule has 0 spiro atoms. The van der Waals surface area contributed by atoms with Gasteiger partial charge < -0.3 is 10.1 Å². The normalized spacial score (nSPS) is 17.2. The highest BCUT2D eigenvalue weighted by atomic mass is 32.1. The number of benzene rings is 1. The van der Waals surface area contributed by atoms with Crippen LogP contribution in [0.25, 0.3) is 0 Å². The third kappa shape index (κ3) is 5.58. The molecule has 0 aliphatic carbocycles. The maximum atomic E-state index is 12.2. The molecule has 1 aliphatic heterocycles. The van der Waals surface area contributed by atoms with Crippen LogP contribution in [-0.2, 0) is 11.3 Å². The SMILES string of the molecule is CC(Oc1ccccc1)C(=O)NCC1CCN(Cc2cccs2)CC1. The van der Waals surface area contributed by atoms with Crippen LogP contribution in [0.2, 0.25) is 0 Å². The average Bonchev–Trinajstić information content (AvgIpc) is 3.14. The number of nitrogens with one attached hydrogen (secondary N) is 1. The van der Waals surface area contributed by atoms with Gasteiger partial charge in [0.15, 0.2) is 6.10 Å². The van der Waals surface area contributed by atoms with Gasteiger partial charge in [0.2, 0.25) is 0 Å². The minimum absolute atomic E-state index is 0.0372. The van der Waals surface area contributed by atoms with Crippen molar-refractivity contribution in [2.24, 2.45) is 5.92 Å². The van der Waals surface area contributed by atoms with Crippen LogP contribution in [0.15, 0.2) is 47.8 Å². The predicted octanol–water partition coefficient (Wildman–Crippen LogP) is 3.54. The topological polar surface area (TPSA) is 41.6 Å². The van der Waals surface area contributed by atoms with Crippen LogP contribution in [0.1, 0.15) is 24.6 Å². The molecule has 1 aromatic carbocycles. The van der Waals surface area contributed by atoms with Gasteiger partial charge in [-0.3, -0.25) is 9.69 Å². The summed E-state index contributed by atoms with van der Waals surface area (Å²) < 4.78 is 5.67. The molecular formula is C20H26N2O2S. The standard InChI is InChI=1S/C20H26N2O2S/c1-16(24-18-6-3-2-4-7-18)20(23)21-14-17-9-11-22(12-10-17)15-19-8-5-13-25-19/h2-8,13,16-17H,9-12,14-15H2,1H3,(H,21,23). The zero-order chi connectivity index (χ0) is 17.5. The van der Waals surface area contributed by atoms with Crippen molar-refractivity contribution in [3.05, 3.63) is 52.7 Å². The summed E-state index contributed by atoms with van der Waals surface area (Å²) in [5.41, 5.74) is 0. The van der Waals surface area contributed by atoms with Crippen LogP contribution in [0.4, 0.5) is 0 Å². The zero-order valence-electron chi connectivity index (χ0n) is 14.7. The fourth-order valence-corrected chi connectivity index (χ4v) is 3.86. The molecule has 3 rings (SSSR count). The van der Waals surface area contributed by atoms with Gasteiger partial charge in [0.25, 0.3) is 5.91 Å². The zero-order valence-corrected chi connectivity index (χ0v) is 15.5. The highest BCUT2D eigenvalue weighted by molar-refractivity contribution is 7.09. The Balaban J connectivity index is 1.35. The Hall–Kier alpha value is -1.85. The lowest BCUT2D eigenvalue weighted by molar-refractivity contribution is -0.127. The number of carbonyl (C=O) groups excluding carboxylic acids is 1. The first-order chi connectivity index (χ1) is 12.2. The molecule has 5 heteroatoms. The number of piperidine rings is 1. The number of carbonyl (C=O) groups is 1. The lowest BCUT2D eigenvalue weighted by atomic mass is 9.96. The summed E-state index contributed by atoms with van der Waals surface area (Å²) in [5, 5.41) is 5.19. The van der Waals surface area contributed by atoms with Crippen LogP contribution in [0, 0.1) is 5.92 Å². The van der Waals surface area contributed by atoms with Crippen molar-refractivity contribution in [3.8, 4) is 5.75 Å². The van der Waals surface area contributed by atoms with E-state index in [1.54, 1.807) is 6.92 Å². The molecule has 134 valence electrons. The second-order valence-electron chi connectivity index (χ2n) is 6.62. The second kappa shape index (κ2) is 9.02. The maximum Gasteiger partial charge on any atom is 0.260 e. The van der Waals surface area contributed by atoms with Crippen LogP contribution >= 0.6 is 11.3 Å². The van der Waals surface area contributed by atoms with E-state index in [1.165, 1.54) is 4.88 Å². The molecule has 1 aliphatic rings. The Labute approximate surface area is 153 Å². The number of nitrogens with zero attached hydrogens (tertiary/aromatic N) is 1. The fraction of sp³-hybridized carbons (Fsp3) is 0.450. The van der Waals surface area contributed by atoms with E-state index in [2.05, 4.69) is 27.7 Å². The number of hydrogen-bond acceptors (Lipinski definition) is 4. The number of para-hydroxylation sites is 1. The van der Waals surface area contributed by atoms with Gasteiger partial charge in [-0.25, -0.2) is 0 Å². The molecule has 1 amide bonds. The Morgan fingerprint density at radius 3 is 2.68 bits per heavy atom. The molecule has 0 bridgehead atoms. The van der Waals surface area contributed by atoms with Gasteiger partial charge in [-0.2, -0.15) is 0 Å². The number of thiophene rings is 1. The first kappa shape index (κ1) is 18.0. The van der Waals surface area contributed by atoms with Crippen molar-refractivity contribution in [1.29, 1.82) is 0 Å². The summed E-state index contributed by atoms with van der Waals surface area (Å²) in [6.45, 7) is 5.81. The van der Waals surface area contributed by atoms with Gasteiger partial charge in [-0.1, -0.05) is 24.3 Å². The fourth-order valence-electron chi connectivity index (χ4n) is 3.12. The van der Waals surface area contributed by atoms with Crippen molar-refractivity contribution in [1.82, 2.24) is 10.2 Å². The van der Waals surface area contributed by atoms with Crippen molar-refractivity contribution in [2.45, 2.75) is 32.4 Å².